The number of fused-ring (bicyclic) bond motifs is 1. The Morgan fingerprint density at radius 2 is 1.74 bits per heavy atom. The Labute approximate surface area is 110 Å². The van der Waals surface area contributed by atoms with Crippen molar-refractivity contribution in [1.29, 1.82) is 0 Å². The Morgan fingerprint density at radius 3 is 2.37 bits per heavy atom. The van der Waals surface area contributed by atoms with Crippen LogP contribution in [0.3, 0.4) is 0 Å². The summed E-state index contributed by atoms with van der Waals surface area (Å²) in [6.45, 7) is 0. The number of hydrogen-bond donors (Lipinski definition) is 1. The highest BCUT2D eigenvalue weighted by molar-refractivity contribution is 5.89. The van der Waals surface area contributed by atoms with Crippen LogP contribution in [0.4, 0.5) is 0 Å². The van der Waals surface area contributed by atoms with E-state index in [2.05, 4.69) is 22.8 Å². The molecule has 3 rings (SSSR count). The van der Waals surface area contributed by atoms with E-state index < -0.39 is 5.97 Å². The van der Waals surface area contributed by atoms with Gasteiger partial charge in [0.2, 0.25) is 0 Å². The second kappa shape index (κ2) is 4.02. The van der Waals surface area contributed by atoms with Crippen molar-refractivity contribution in [3.05, 3.63) is 48.2 Å². The van der Waals surface area contributed by atoms with Gasteiger partial charge in [-0.05, 0) is 24.3 Å². The van der Waals surface area contributed by atoms with Crippen LogP contribution in [0.25, 0.3) is 22.3 Å². The minimum atomic E-state index is -0.910. The summed E-state index contributed by atoms with van der Waals surface area (Å²) >= 11 is 0. The molecule has 0 aliphatic heterocycles. The van der Waals surface area contributed by atoms with E-state index >= 15 is 0 Å². The van der Waals surface area contributed by atoms with Gasteiger partial charge in [0, 0.05) is 25.0 Å². The second-order valence-corrected chi connectivity index (χ2v) is 4.62. The molecule has 0 saturated heterocycles. The lowest BCUT2D eigenvalue weighted by Gasteiger charge is -2.07. The molecule has 96 valence electrons. The number of benzene rings is 1. The van der Waals surface area contributed by atoms with Gasteiger partial charge in [0.05, 0.1) is 11.4 Å². The van der Waals surface area contributed by atoms with Crippen LogP contribution in [0.1, 0.15) is 10.5 Å². The Hall–Kier alpha value is -2.49. The van der Waals surface area contributed by atoms with Gasteiger partial charge in [-0.25, -0.2) is 4.79 Å². The number of aromatic carboxylic acids is 1. The smallest absolute Gasteiger partial charge is 0.352 e. The summed E-state index contributed by atoms with van der Waals surface area (Å²) in [5.74, 6) is -0.910. The molecule has 1 N–H and O–H groups in total. The molecule has 0 aliphatic carbocycles. The van der Waals surface area contributed by atoms with Crippen molar-refractivity contribution >= 4 is 16.9 Å². The highest BCUT2D eigenvalue weighted by atomic mass is 16.4. The molecule has 0 atom stereocenters. The van der Waals surface area contributed by atoms with Gasteiger partial charge in [-0.15, -0.1) is 0 Å². The van der Waals surface area contributed by atoms with E-state index in [-0.39, 0.29) is 0 Å². The molecule has 0 aliphatic rings. The number of aryl methyl sites for hydroxylation is 1. The standard InChI is InChI=1S/C15H14N2O2/c1-16-11-6-4-3-5-10(11)9-14(16)12-7-8-13(15(18)19)17(12)2/h3-9H,1-2H3,(H,18,19). The predicted octanol–water partition coefficient (Wildman–Crippen LogP) is 2.88. The van der Waals surface area contributed by atoms with Crippen LogP contribution in [0.15, 0.2) is 42.5 Å². The molecule has 2 heterocycles. The lowest BCUT2D eigenvalue weighted by Crippen LogP contribution is -2.06. The summed E-state index contributed by atoms with van der Waals surface area (Å²) in [6, 6.07) is 13.7. The van der Waals surface area contributed by atoms with Crippen molar-refractivity contribution in [2.45, 2.75) is 0 Å². The zero-order chi connectivity index (χ0) is 13.6. The Balaban J connectivity index is 2.25. The van der Waals surface area contributed by atoms with Gasteiger partial charge in [0.15, 0.2) is 0 Å². The van der Waals surface area contributed by atoms with Gasteiger partial charge in [0.1, 0.15) is 5.69 Å². The maximum Gasteiger partial charge on any atom is 0.352 e. The molecule has 0 radical (unpaired) electrons. The third-order valence-corrected chi connectivity index (χ3v) is 3.56. The van der Waals surface area contributed by atoms with Crippen molar-refractivity contribution < 1.29 is 9.90 Å². The number of hydrogen-bond acceptors (Lipinski definition) is 1. The summed E-state index contributed by atoms with van der Waals surface area (Å²) < 4.78 is 3.78. The average Bonchev–Trinajstić information content (AvgIpc) is 2.91. The fourth-order valence-corrected chi connectivity index (χ4v) is 2.52. The fourth-order valence-electron chi connectivity index (χ4n) is 2.52. The van der Waals surface area contributed by atoms with E-state index in [1.165, 1.54) is 0 Å². The molecule has 0 unspecified atom stereocenters. The molecule has 0 bridgehead atoms. The first-order valence-electron chi connectivity index (χ1n) is 6.03. The van der Waals surface area contributed by atoms with Crippen LogP contribution in [0.2, 0.25) is 0 Å². The summed E-state index contributed by atoms with van der Waals surface area (Å²) in [6.07, 6.45) is 0. The van der Waals surface area contributed by atoms with Crippen LogP contribution in [-0.4, -0.2) is 20.2 Å². The van der Waals surface area contributed by atoms with Crippen molar-refractivity contribution in [3.63, 3.8) is 0 Å². The third-order valence-electron chi connectivity index (χ3n) is 3.56. The van der Waals surface area contributed by atoms with Crippen molar-refractivity contribution in [1.82, 2.24) is 9.13 Å². The molecule has 4 nitrogen and oxygen atoms in total. The minimum absolute atomic E-state index is 0.292. The summed E-state index contributed by atoms with van der Waals surface area (Å²) in [7, 11) is 3.77. The molecular formula is C15H14N2O2. The Kier molecular flexibility index (Phi) is 2.45. The highest BCUT2D eigenvalue weighted by Gasteiger charge is 2.15. The number of carbonyl (C=O) groups is 1. The van der Waals surface area contributed by atoms with E-state index in [1.807, 2.05) is 25.2 Å². The molecule has 0 saturated carbocycles. The van der Waals surface area contributed by atoms with E-state index in [4.69, 9.17) is 5.11 Å². The van der Waals surface area contributed by atoms with Gasteiger partial charge in [-0.2, -0.15) is 0 Å². The van der Waals surface area contributed by atoms with Crippen LogP contribution >= 0.6 is 0 Å². The van der Waals surface area contributed by atoms with Gasteiger partial charge < -0.3 is 14.2 Å². The van der Waals surface area contributed by atoms with Crippen LogP contribution in [0.5, 0.6) is 0 Å². The number of nitrogens with zero attached hydrogens (tertiary/aromatic N) is 2. The molecule has 3 aromatic rings. The first-order chi connectivity index (χ1) is 9.09. The molecule has 0 fully saturated rings. The second-order valence-electron chi connectivity index (χ2n) is 4.62. The van der Waals surface area contributed by atoms with Crippen molar-refractivity contribution in [2.24, 2.45) is 14.1 Å². The van der Waals surface area contributed by atoms with Gasteiger partial charge in [0.25, 0.3) is 0 Å². The highest BCUT2D eigenvalue weighted by Crippen LogP contribution is 2.28. The Morgan fingerprint density at radius 1 is 1.00 bits per heavy atom. The third kappa shape index (κ3) is 1.64. The molecule has 1 aromatic carbocycles. The monoisotopic (exact) mass is 254 g/mol. The maximum atomic E-state index is 11.1. The molecule has 0 spiro atoms. The molecule has 19 heavy (non-hydrogen) atoms. The topological polar surface area (TPSA) is 47.2 Å². The largest absolute Gasteiger partial charge is 0.477 e. The molecule has 4 heteroatoms. The molecular weight excluding hydrogens is 240 g/mol. The van der Waals surface area contributed by atoms with E-state index in [1.54, 1.807) is 17.7 Å². The zero-order valence-electron chi connectivity index (χ0n) is 10.8. The predicted molar refractivity (Wildman–Crippen MR) is 74.3 cm³/mol. The van der Waals surface area contributed by atoms with Crippen molar-refractivity contribution in [2.75, 3.05) is 0 Å². The number of para-hydroxylation sites is 1. The fraction of sp³-hybridized carbons (Fsp3) is 0.133. The van der Waals surface area contributed by atoms with Gasteiger partial charge in [-0.1, -0.05) is 18.2 Å². The Bertz CT molecular complexity index is 781. The summed E-state index contributed by atoms with van der Waals surface area (Å²) in [4.78, 5) is 11.1. The zero-order valence-corrected chi connectivity index (χ0v) is 10.8. The SMILES string of the molecule is Cn1c(C(=O)O)ccc1-c1cc2ccccc2n1C. The number of carboxylic acids is 1. The van der Waals surface area contributed by atoms with Crippen LogP contribution in [0, 0.1) is 0 Å². The minimum Gasteiger partial charge on any atom is -0.477 e. The lowest BCUT2D eigenvalue weighted by molar-refractivity contribution is 0.0687. The lowest BCUT2D eigenvalue weighted by atomic mass is 10.2. The van der Waals surface area contributed by atoms with Crippen LogP contribution < -0.4 is 0 Å². The van der Waals surface area contributed by atoms with E-state index in [0.29, 0.717) is 5.69 Å². The molecule has 2 aromatic heterocycles. The van der Waals surface area contributed by atoms with E-state index in [9.17, 15) is 4.79 Å². The normalized spacial score (nSPS) is 11.1. The van der Waals surface area contributed by atoms with E-state index in [0.717, 1.165) is 22.3 Å². The van der Waals surface area contributed by atoms with Gasteiger partial charge >= 0.3 is 5.97 Å². The van der Waals surface area contributed by atoms with Crippen molar-refractivity contribution in [3.8, 4) is 11.4 Å². The average molecular weight is 254 g/mol. The number of carboxylic acid groups (broad SMARTS) is 1. The first-order valence-corrected chi connectivity index (χ1v) is 6.03. The quantitative estimate of drug-likeness (QED) is 0.764. The van der Waals surface area contributed by atoms with Gasteiger partial charge in [-0.3, -0.25) is 0 Å². The maximum absolute atomic E-state index is 11.1. The summed E-state index contributed by atoms with van der Waals surface area (Å²) in [5.41, 5.74) is 3.34. The molecule has 0 amide bonds. The number of aromatic nitrogens is 2. The number of rotatable bonds is 2. The van der Waals surface area contributed by atoms with Crippen LogP contribution in [-0.2, 0) is 14.1 Å². The summed E-state index contributed by atoms with van der Waals surface area (Å²) in [5, 5.41) is 10.3. The first kappa shape index (κ1) is 11.6.